The van der Waals surface area contributed by atoms with Crippen molar-refractivity contribution in [1.29, 1.82) is 0 Å². The molecule has 1 aliphatic heterocycles. The lowest BCUT2D eigenvalue weighted by Crippen LogP contribution is -3.13. The van der Waals surface area contributed by atoms with Gasteiger partial charge in [-0.15, -0.1) is 0 Å². The molecule has 1 fully saturated rings. The third-order valence-corrected chi connectivity index (χ3v) is 4.52. The molecule has 1 amide bonds. The minimum absolute atomic E-state index is 0.0723. The Morgan fingerprint density at radius 2 is 2.00 bits per heavy atom. The van der Waals surface area contributed by atoms with Gasteiger partial charge >= 0.3 is 0 Å². The molecule has 1 aromatic carbocycles. The van der Waals surface area contributed by atoms with Crippen molar-refractivity contribution in [2.24, 2.45) is 11.7 Å². The van der Waals surface area contributed by atoms with Gasteiger partial charge in [-0.2, -0.15) is 4.98 Å². The van der Waals surface area contributed by atoms with Gasteiger partial charge in [0.15, 0.2) is 0 Å². The summed E-state index contributed by atoms with van der Waals surface area (Å²) in [5, 5.41) is 4.04. The molecular formula is C17H23N4O2+. The van der Waals surface area contributed by atoms with Crippen molar-refractivity contribution < 1.29 is 14.2 Å². The van der Waals surface area contributed by atoms with Gasteiger partial charge in [-0.25, -0.2) is 0 Å². The van der Waals surface area contributed by atoms with Gasteiger partial charge in [0.1, 0.15) is 0 Å². The van der Waals surface area contributed by atoms with Gasteiger partial charge in [-0.1, -0.05) is 35.5 Å². The molecule has 1 saturated heterocycles. The van der Waals surface area contributed by atoms with E-state index < -0.39 is 0 Å². The van der Waals surface area contributed by atoms with Crippen LogP contribution in [0.15, 0.2) is 34.9 Å². The Labute approximate surface area is 135 Å². The summed E-state index contributed by atoms with van der Waals surface area (Å²) in [7, 11) is 0. The van der Waals surface area contributed by atoms with Crippen LogP contribution in [0.1, 0.15) is 25.2 Å². The summed E-state index contributed by atoms with van der Waals surface area (Å²) in [6.07, 6.45) is 3.61. The van der Waals surface area contributed by atoms with E-state index in [1.807, 2.05) is 30.3 Å². The summed E-state index contributed by atoms with van der Waals surface area (Å²) >= 11 is 0. The fourth-order valence-electron chi connectivity index (χ4n) is 3.11. The first-order chi connectivity index (χ1) is 11.2. The third-order valence-electron chi connectivity index (χ3n) is 4.52. The molecule has 1 aromatic heterocycles. The highest BCUT2D eigenvalue weighted by molar-refractivity contribution is 5.76. The van der Waals surface area contributed by atoms with Gasteiger partial charge in [0, 0.05) is 37.2 Å². The molecule has 2 heterocycles. The molecule has 1 aliphatic rings. The number of nitrogens with one attached hydrogen (secondary N) is 1. The van der Waals surface area contributed by atoms with Crippen LogP contribution in [-0.4, -0.2) is 35.7 Å². The maximum absolute atomic E-state index is 11.2. The summed E-state index contributed by atoms with van der Waals surface area (Å²) in [6.45, 7) is 3.11. The summed E-state index contributed by atoms with van der Waals surface area (Å²) < 4.78 is 5.33. The Bertz CT molecular complexity index is 633. The molecule has 3 rings (SSSR count). The first kappa shape index (κ1) is 15.7. The predicted octanol–water partition coefficient (Wildman–Crippen LogP) is 0.449. The van der Waals surface area contributed by atoms with Crippen LogP contribution in [0.5, 0.6) is 0 Å². The van der Waals surface area contributed by atoms with Gasteiger partial charge in [0.2, 0.25) is 17.6 Å². The molecule has 6 heteroatoms. The monoisotopic (exact) mass is 315 g/mol. The molecule has 2 aromatic rings. The molecule has 0 spiro atoms. The van der Waals surface area contributed by atoms with Crippen LogP contribution >= 0.6 is 0 Å². The van der Waals surface area contributed by atoms with E-state index in [-0.39, 0.29) is 11.8 Å². The summed E-state index contributed by atoms with van der Waals surface area (Å²) in [5.74, 6) is 1.26. The zero-order valence-corrected chi connectivity index (χ0v) is 13.2. The SMILES string of the molecule is NC(=O)C1CC[NH+](CCCc2nc(-c3ccccc3)no2)CC1. The molecule has 0 bridgehead atoms. The van der Waals surface area contributed by atoms with E-state index in [0.717, 1.165) is 50.9 Å². The summed E-state index contributed by atoms with van der Waals surface area (Å²) in [6, 6.07) is 9.84. The molecule has 3 N–H and O–H groups in total. The first-order valence-electron chi connectivity index (χ1n) is 8.23. The van der Waals surface area contributed by atoms with E-state index in [4.69, 9.17) is 10.3 Å². The Morgan fingerprint density at radius 1 is 1.26 bits per heavy atom. The molecule has 0 unspecified atom stereocenters. The quantitative estimate of drug-likeness (QED) is 0.810. The van der Waals surface area contributed by atoms with Crippen molar-refractivity contribution in [2.75, 3.05) is 19.6 Å². The number of hydrogen-bond donors (Lipinski definition) is 2. The molecule has 0 atom stereocenters. The van der Waals surface area contributed by atoms with E-state index in [9.17, 15) is 4.79 Å². The number of nitrogens with two attached hydrogens (primary N) is 1. The molecule has 6 nitrogen and oxygen atoms in total. The molecule has 0 radical (unpaired) electrons. The number of nitrogens with zero attached hydrogens (tertiary/aromatic N) is 2. The zero-order valence-electron chi connectivity index (χ0n) is 13.2. The number of aryl methyl sites for hydroxylation is 1. The highest BCUT2D eigenvalue weighted by atomic mass is 16.5. The van der Waals surface area contributed by atoms with Crippen LogP contribution in [-0.2, 0) is 11.2 Å². The second-order valence-electron chi connectivity index (χ2n) is 6.16. The van der Waals surface area contributed by atoms with E-state index in [1.54, 1.807) is 0 Å². The Balaban J connectivity index is 1.43. The zero-order chi connectivity index (χ0) is 16.1. The van der Waals surface area contributed by atoms with Crippen molar-refractivity contribution >= 4 is 5.91 Å². The van der Waals surface area contributed by atoms with E-state index in [0.29, 0.717) is 11.7 Å². The average Bonchev–Trinajstić information content (AvgIpc) is 3.05. The van der Waals surface area contributed by atoms with Crippen LogP contribution in [0.2, 0.25) is 0 Å². The highest BCUT2D eigenvalue weighted by Gasteiger charge is 2.25. The number of piperidine rings is 1. The van der Waals surface area contributed by atoms with E-state index >= 15 is 0 Å². The number of benzene rings is 1. The smallest absolute Gasteiger partial charge is 0.227 e. The number of primary amides is 1. The fourth-order valence-corrected chi connectivity index (χ4v) is 3.11. The predicted molar refractivity (Wildman–Crippen MR) is 85.5 cm³/mol. The molecule has 0 aliphatic carbocycles. The van der Waals surface area contributed by atoms with Crippen molar-refractivity contribution in [3.05, 3.63) is 36.2 Å². The van der Waals surface area contributed by atoms with E-state index in [1.165, 1.54) is 4.90 Å². The number of quaternary nitrogens is 1. The highest BCUT2D eigenvalue weighted by Crippen LogP contribution is 2.15. The number of likely N-dealkylation sites (tertiary alicyclic amines) is 1. The van der Waals surface area contributed by atoms with Crippen molar-refractivity contribution in [3.8, 4) is 11.4 Å². The lowest BCUT2D eigenvalue weighted by atomic mass is 9.96. The second-order valence-corrected chi connectivity index (χ2v) is 6.16. The fraction of sp³-hybridized carbons (Fsp3) is 0.471. The summed E-state index contributed by atoms with van der Waals surface area (Å²) in [4.78, 5) is 17.1. The standard InChI is InChI=1S/C17H22N4O2/c18-16(22)13-8-11-21(12-9-13)10-4-7-15-19-17(20-23-15)14-5-2-1-3-6-14/h1-3,5-6,13H,4,7-12H2,(H2,18,22)/p+1. The average molecular weight is 315 g/mol. The number of hydrogen-bond acceptors (Lipinski definition) is 4. The van der Waals surface area contributed by atoms with Crippen LogP contribution in [0, 0.1) is 5.92 Å². The maximum Gasteiger partial charge on any atom is 0.227 e. The van der Waals surface area contributed by atoms with Gasteiger partial charge in [0.05, 0.1) is 19.6 Å². The van der Waals surface area contributed by atoms with Crippen molar-refractivity contribution in [1.82, 2.24) is 10.1 Å². The van der Waals surface area contributed by atoms with Crippen molar-refractivity contribution in [3.63, 3.8) is 0 Å². The van der Waals surface area contributed by atoms with Crippen LogP contribution in [0.4, 0.5) is 0 Å². The Morgan fingerprint density at radius 3 is 2.70 bits per heavy atom. The van der Waals surface area contributed by atoms with Crippen LogP contribution in [0.25, 0.3) is 11.4 Å². The number of amides is 1. The molecular weight excluding hydrogens is 292 g/mol. The lowest BCUT2D eigenvalue weighted by molar-refractivity contribution is -0.906. The van der Waals surface area contributed by atoms with Crippen LogP contribution < -0.4 is 10.6 Å². The minimum Gasteiger partial charge on any atom is -0.369 e. The molecule has 122 valence electrons. The van der Waals surface area contributed by atoms with Gasteiger partial charge in [0.25, 0.3) is 0 Å². The second kappa shape index (κ2) is 7.37. The third kappa shape index (κ3) is 4.16. The number of rotatable bonds is 6. The maximum atomic E-state index is 11.2. The first-order valence-corrected chi connectivity index (χ1v) is 8.23. The minimum atomic E-state index is -0.150. The number of aromatic nitrogens is 2. The number of carbonyl (C=O) groups excluding carboxylic acids is 1. The van der Waals surface area contributed by atoms with Crippen molar-refractivity contribution in [2.45, 2.75) is 25.7 Å². The Hall–Kier alpha value is -2.21. The topological polar surface area (TPSA) is 86.5 Å². The van der Waals surface area contributed by atoms with Gasteiger partial charge in [-0.3, -0.25) is 4.79 Å². The Kier molecular flexibility index (Phi) is 5.02. The van der Waals surface area contributed by atoms with Gasteiger partial charge in [-0.05, 0) is 0 Å². The van der Waals surface area contributed by atoms with Gasteiger partial charge < -0.3 is 15.2 Å². The van der Waals surface area contributed by atoms with Crippen LogP contribution in [0.3, 0.4) is 0 Å². The largest absolute Gasteiger partial charge is 0.369 e. The normalized spacial score (nSPS) is 21.2. The number of carbonyl (C=O) groups is 1. The molecule has 23 heavy (non-hydrogen) atoms. The van der Waals surface area contributed by atoms with E-state index in [2.05, 4.69) is 10.1 Å². The molecule has 0 saturated carbocycles. The summed E-state index contributed by atoms with van der Waals surface area (Å²) in [5.41, 5.74) is 6.34. The lowest BCUT2D eigenvalue weighted by Gasteiger charge is -2.27.